The molecule has 1 amide bonds. The minimum absolute atomic E-state index is 0.248. The average Bonchev–Trinajstić information content (AvgIpc) is 2.35. The molecule has 4 nitrogen and oxygen atoms in total. The van der Waals surface area contributed by atoms with Gasteiger partial charge in [0.1, 0.15) is 0 Å². The standard InChI is InChI=1S/C14H18BrNO3/c1-4-9-16(10(2)17)14(3,13(18)19)11-7-5-6-8-12(11)15/h5-8H,4,9H2,1-3H3,(H,18,19). The summed E-state index contributed by atoms with van der Waals surface area (Å²) in [4.78, 5) is 25.0. The number of amides is 1. The second-order valence-corrected chi connectivity index (χ2v) is 5.38. The van der Waals surface area contributed by atoms with Crippen molar-refractivity contribution in [1.29, 1.82) is 0 Å². The Morgan fingerprint density at radius 1 is 1.37 bits per heavy atom. The third-order valence-electron chi connectivity index (χ3n) is 3.18. The van der Waals surface area contributed by atoms with Gasteiger partial charge in [0.05, 0.1) is 0 Å². The number of benzene rings is 1. The molecule has 1 aromatic carbocycles. The molecule has 5 heteroatoms. The lowest BCUT2D eigenvalue weighted by molar-refractivity contribution is -0.158. The van der Waals surface area contributed by atoms with Crippen molar-refractivity contribution in [2.45, 2.75) is 32.7 Å². The molecule has 0 bridgehead atoms. The first kappa shape index (κ1) is 15.7. The molecule has 0 aliphatic carbocycles. The number of halogens is 1. The van der Waals surface area contributed by atoms with Crippen LogP contribution in [0.1, 0.15) is 32.8 Å². The van der Waals surface area contributed by atoms with Crippen LogP contribution in [0.3, 0.4) is 0 Å². The van der Waals surface area contributed by atoms with Gasteiger partial charge in [-0.3, -0.25) is 4.79 Å². The Hall–Kier alpha value is -1.36. The molecular weight excluding hydrogens is 310 g/mol. The molecule has 1 atom stereocenters. The van der Waals surface area contributed by atoms with Crippen molar-refractivity contribution in [3.63, 3.8) is 0 Å². The summed E-state index contributed by atoms with van der Waals surface area (Å²) >= 11 is 3.37. The summed E-state index contributed by atoms with van der Waals surface area (Å²) in [5.41, 5.74) is -0.798. The Bertz CT molecular complexity index is 489. The fourth-order valence-electron chi connectivity index (χ4n) is 2.15. The molecule has 1 rings (SSSR count). The van der Waals surface area contributed by atoms with Gasteiger partial charge in [-0.05, 0) is 19.4 Å². The Kier molecular flexibility index (Phi) is 5.11. The van der Waals surface area contributed by atoms with E-state index in [-0.39, 0.29) is 5.91 Å². The molecule has 1 unspecified atom stereocenters. The van der Waals surface area contributed by atoms with Gasteiger partial charge in [0.15, 0.2) is 5.54 Å². The van der Waals surface area contributed by atoms with Crippen LogP contribution < -0.4 is 0 Å². The molecule has 104 valence electrons. The first-order chi connectivity index (χ1) is 8.85. The molecule has 0 aliphatic rings. The number of nitrogens with zero attached hydrogens (tertiary/aromatic N) is 1. The van der Waals surface area contributed by atoms with Crippen LogP contribution in [0.25, 0.3) is 0 Å². The lowest BCUT2D eigenvalue weighted by atomic mass is 9.89. The van der Waals surface area contributed by atoms with E-state index in [9.17, 15) is 14.7 Å². The van der Waals surface area contributed by atoms with Crippen molar-refractivity contribution in [2.75, 3.05) is 6.54 Å². The van der Waals surface area contributed by atoms with E-state index in [1.54, 1.807) is 25.1 Å². The molecule has 0 spiro atoms. The van der Waals surface area contributed by atoms with E-state index >= 15 is 0 Å². The van der Waals surface area contributed by atoms with Gasteiger partial charge in [-0.1, -0.05) is 41.1 Å². The number of aliphatic carboxylic acids is 1. The lowest BCUT2D eigenvalue weighted by Crippen LogP contribution is -2.52. The van der Waals surface area contributed by atoms with Crippen molar-refractivity contribution in [2.24, 2.45) is 0 Å². The molecule has 1 N–H and O–H groups in total. The predicted octanol–water partition coefficient (Wildman–Crippen LogP) is 3.01. The minimum Gasteiger partial charge on any atom is -0.479 e. The van der Waals surface area contributed by atoms with Gasteiger partial charge in [0, 0.05) is 23.5 Å². The summed E-state index contributed by atoms with van der Waals surface area (Å²) in [6.45, 7) is 5.28. The Labute approximate surface area is 121 Å². The summed E-state index contributed by atoms with van der Waals surface area (Å²) in [6.07, 6.45) is 0.701. The highest BCUT2D eigenvalue weighted by Gasteiger charge is 2.43. The lowest BCUT2D eigenvalue weighted by Gasteiger charge is -2.38. The zero-order valence-corrected chi connectivity index (χ0v) is 12.9. The van der Waals surface area contributed by atoms with Crippen LogP contribution in [0.15, 0.2) is 28.7 Å². The number of hydrogen-bond donors (Lipinski definition) is 1. The fraction of sp³-hybridized carbons (Fsp3) is 0.429. The molecule has 0 saturated carbocycles. The third-order valence-corrected chi connectivity index (χ3v) is 3.87. The monoisotopic (exact) mass is 327 g/mol. The van der Waals surface area contributed by atoms with Crippen LogP contribution in [-0.2, 0) is 15.1 Å². The fourth-order valence-corrected chi connectivity index (χ4v) is 2.82. The zero-order valence-electron chi connectivity index (χ0n) is 11.3. The number of rotatable bonds is 5. The number of carbonyl (C=O) groups is 2. The second-order valence-electron chi connectivity index (χ2n) is 4.53. The maximum absolute atomic E-state index is 11.8. The molecule has 0 aliphatic heterocycles. The van der Waals surface area contributed by atoms with Gasteiger partial charge < -0.3 is 10.0 Å². The van der Waals surface area contributed by atoms with E-state index < -0.39 is 11.5 Å². The number of hydrogen-bond acceptors (Lipinski definition) is 2. The maximum atomic E-state index is 11.8. The van der Waals surface area contributed by atoms with E-state index in [1.807, 2.05) is 13.0 Å². The number of carboxylic acid groups (broad SMARTS) is 1. The van der Waals surface area contributed by atoms with Gasteiger partial charge in [-0.2, -0.15) is 0 Å². The van der Waals surface area contributed by atoms with Crippen molar-refractivity contribution >= 4 is 27.8 Å². The van der Waals surface area contributed by atoms with Gasteiger partial charge in [0.2, 0.25) is 5.91 Å². The first-order valence-electron chi connectivity index (χ1n) is 6.12. The second kappa shape index (κ2) is 6.19. The minimum atomic E-state index is -1.37. The van der Waals surface area contributed by atoms with Crippen molar-refractivity contribution in [3.05, 3.63) is 34.3 Å². The summed E-state index contributed by atoms with van der Waals surface area (Å²) in [6, 6.07) is 7.09. The molecule has 0 fully saturated rings. The van der Waals surface area contributed by atoms with E-state index in [0.29, 0.717) is 23.0 Å². The van der Waals surface area contributed by atoms with E-state index in [2.05, 4.69) is 15.9 Å². The Balaban J connectivity index is 3.43. The van der Waals surface area contributed by atoms with Crippen LogP contribution >= 0.6 is 15.9 Å². The van der Waals surface area contributed by atoms with E-state index in [0.717, 1.165) is 0 Å². The van der Waals surface area contributed by atoms with E-state index in [4.69, 9.17) is 0 Å². The van der Waals surface area contributed by atoms with Gasteiger partial charge in [0.25, 0.3) is 0 Å². The molecule has 0 heterocycles. The molecule has 1 aromatic rings. The van der Waals surface area contributed by atoms with Crippen LogP contribution in [0.5, 0.6) is 0 Å². The Morgan fingerprint density at radius 2 is 1.95 bits per heavy atom. The summed E-state index contributed by atoms with van der Waals surface area (Å²) in [5, 5.41) is 9.64. The van der Waals surface area contributed by atoms with Crippen molar-refractivity contribution in [3.8, 4) is 0 Å². The number of carboxylic acids is 1. The quantitative estimate of drug-likeness (QED) is 0.904. The maximum Gasteiger partial charge on any atom is 0.334 e. The van der Waals surface area contributed by atoms with Crippen molar-refractivity contribution in [1.82, 2.24) is 4.90 Å². The highest BCUT2D eigenvalue weighted by molar-refractivity contribution is 9.10. The van der Waals surface area contributed by atoms with Crippen LogP contribution in [0, 0.1) is 0 Å². The van der Waals surface area contributed by atoms with Crippen LogP contribution in [0.4, 0.5) is 0 Å². The molecule has 0 saturated heterocycles. The zero-order chi connectivity index (χ0) is 14.6. The van der Waals surface area contributed by atoms with Gasteiger partial charge in [-0.25, -0.2) is 4.79 Å². The van der Waals surface area contributed by atoms with Crippen LogP contribution in [0.2, 0.25) is 0 Å². The predicted molar refractivity (Wildman–Crippen MR) is 76.8 cm³/mol. The summed E-state index contributed by atoms with van der Waals surface area (Å²) in [7, 11) is 0. The Morgan fingerprint density at radius 3 is 2.37 bits per heavy atom. The molecule has 0 aromatic heterocycles. The number of carbonyl (C=O) groups excluding carboxylic acids is 1. The van der Waals surface area contributed by atoms with E-state index in [1.165, 1.54) is 11.8 Å². The van der Waals surface area contributed by atoms with Crippen molar-refractivity contribution < 1.29 is 14.7 Å². The first-order valence-corrected chi connectivity index (χ1v) is 6.91. The highest BCUT2D eigenvalue weighted by atomic mass is 79.9. The molecule has 19 heavy (non-hydrogen) atoms. The highest BCUT2D eigenvalue weighted by Crippen LogP contribution is 2.34. The van der Waals surface area contributed by atoms with Gasteiger partial charge in [-0.15, -0.1) is 0 Å². The summed E-state index contributed by atoms with van der Waals surface area (Å²) < 4.78 is 0.683. The largest absolute Gasteiger partial charge is 0.479 e. The summed E-state index contributed by atoms with van der Waals surface area (Å²) in [5.74, 6) is -1.29. The topological polar surface area (TPSA) is 57.6 Å². The van der Waals surface area contributed by atoms with Gasteiger partial charge >= 0.3 is 5.97 Å². The third kappa shape index (κ3) is 2.97. The van der Waals surface area contributed by atoms with Crippen LogP contribution in [-0.4, -0.2) is 28.4 Å². The normalized spacial score (nSPS) is 13.7. The SMILES string of the molecule is CCCN(C(C)=O)C(C)(C(=O)O)c1ccccc1Br. The molecule has 0 radical (unpaired) electrons. The average molecular weight is 328 g/mol. The smallest absolute Gasteiger partial charge is 0.334 e. The molecular formula is C14H18BrNO3.